The molecule has 0 aliphatic carbocycles. The van der Waals surface area contributed by atoms with E-state index >= 15 is 0 Å². The Morgan fingerprint density at radius 3 is 2.55 bits per heavy atom. The van der Waals surface area contributed by atoms with E-state index in [-0.39, 0.29) is 0 Å². The molecular formula is C17H30N2S. The molecule has 20 heavy (non-hydrogen) atoms. The molecule has 0 radical (unpaired) electrons. The third-order valence-electron chi connectivity index (χ3n) is 3.88. The average molecular weight is 295 g/mol. The monoisotopic (exact) mass is 294 g/mol. The molecule has 114 valence electrons. The van der Waals surface area contributed by atoms with Gasteiger partial charge in [-0.1, -0.05) is 37.3 Å². The SMILES string of the molecule is CCCNCC(c1ccccc1)N(C)C(C)CCSC. The van der Waals surface area contributed by atoms with Gasteiger partial charge in [0.2, 0.25) is 0 Å². The number of likely N-dealkylation sites (N-methyl/N-ethyl adjacent to an activating group) is 1. The Bertz CT molecular complexity index is 342. The summed E-state index contributed by atoms with van der Waals surface area (Å²) >= 11 is 1.93. The third kappa shape index (κ3) is 5.86. The van der Waals surface area contributed by atoms with E-state index in [0.717, 1.165) is 13.1 Å². The Kier molecular flexibility index (Phi) is 8.99. The number of benzene rings is 1. The second-order valence-electron chi connectivity index (χ2n) is 5.43. The fourth-order valence-electron chi connectivity index (χ4n) is 2.39. The molecule has 0 aliphatic rings. The quantitative estimate of drug-likeness (QED) is 0.661. The van der Waals surface area contributed by atoms with Gasteiger partial charge in [0.25, 0.3) is 0 Å². The zero-order valence-corrected chi connectivity index (χ0v) is 14.2. The number of hydrogen-bond acceptors (Lipinski definition) is 3. The van der Waals surface area contributed by atoms with E-state index in [0.29, 0.717) is 12.1 Å². The molecule has 0 aliphatic heterocycles. The van der Waals surface area contributed by atoms with Crippen molar-refractivity contribution >= 4 is 11.8 Å². The standard InChI is InChI=1S/C17H30N2S/c1-5-12-18-14-17(16-9-7-6-8-10-16)19(3)15(2)11-13-20-4/h6-10,15,17-18H,5,11-14H2,1-4H3. The molecular weight excluding hydrogens is 264 g/mol. The molecule has 2 nitrogen and oxygen atoms in total. The topological polar surface area (TPSA) is 15.3 Å². The van der Waals surface area contributed by atoms with E-state index in [1.54, 1.807) is 0 Å². The number of rotatable bonds is 10. The molecule has 0 saturated carbocycles. The third-order valence-corrected chi connectivity index (χ3v) is 4.52. The van der Waals surface area contributed by atoms with Gasteiger partial charge in [-0.25, -0.2) is 0 Å². The Morgan fingerprint density at radius 2 is 1.95 bits per heavy atom. The molecule has 0 saturated heterocycles. The minimum absolute atomic E-state index is 0.458. The molecule has 3 heteroatoms. The molecule has 0 fully saturated rings. The van der Waals surface area contributed by atoms with Crippen molar-refractivity contribution in [3.05, 3.63) is 35.9 Å². The maximum atomic E-state index is 3.58. The van der Waals surface area contributed by atoms with E-state index in [4.69, 9.17) is 0 Å². The molecule has 2 unspecified atom stereocenters. The first-order chi connectivity index (χ1) is 9.70. The van der Waals surface area contributed by atoms with Crippen LogP contribution < -0.4 is 5.32 Å². The van der Waals surface area contributed by atoms with Crippen molar-refractivity contribution in [2.75, 3.05) is 32.1 Å². The second kappa shape index (κ2) is 10.3. The van der Waals surface area contributed by atoms with Crippen molar-refractivity contribution in [1.29, 1.82) is 0 Å². The number of thioether (sulfide) groups is 1. The zero-order valence-electron chi connectivity index (χ0n) is 13.4. The Labute approximate surface area is 129 Å². The van der Waals surface area contributed by atoms with Crippen LogP contribution in [0, 0.1) is 0 Å². The zero-order chi connectivity index (χ0) is 14.8. The summed E-state index contributed by atoms with van der Waals surface area (Å²) in [6, 6.07) is 11.9. The van der Waals surface area contributed by atoms with Gasteiger partial charge >= 0.3 is 0 Å². The van der Waals surface area contributed by atoms with Crippen molar-refractivity contribution in [2.24, 2.45) is 0 Å². The normalized spacial score (nSPS) is 14.4. The largest absolute Gasteiger partial charge is 0.315 e. The lowest BCUT2D eigenvalue weighted by Gasteiger charge is -2.34. The van der Waals surface area contributed by atoms with Crippen LogP contribution in [-0.2, 0) is 0 Å². The summed E-state index contributed by atoms with van der Waals surface area (Å²) in [7, 11) is 2.26. The van der Waals surface area contributed by atoms with Gasteiger partial charge in [-0.15, -0.1) is 0 Å². The predicted octanol–water partition coefficient (Wildman–Crippen LogP) is 3.80. The van der Waals surface area contributed by atoms with Crippen LogP contribution >= 0.6 is 11.8 Å². The maximum absolute atomic E-state index is 3.58. The van der Waals surface area contributed by atoms with Gasteiger partial charge in [0.05, 0.1) is 0 Å². The van der Waals surface area contributed by atoms with Gasteiger partial charge in [-0.05, 0) is 50.9 Å². The molecule has 2 atom stereocenters. The molecule has 0 heterocycles. The highest BCUT2D eigenvalue weighted by Crippen LogP contribution is 2.22. The first-order valence-electron chi connectivity index (χ1n) is 7.67. The van der Waals surface area contributed by atoms with E-state index in [1.807, 2.05) is 11.8 Å². The van der Waals surface area contributed by atoms with E-state index in [1.165, 1.54) is 24.2 Å². The van der Waals surface area contributed by atoms with Gasteiger partial charge in [-0.2, -0.15) is 11.8 Å². The molecule has 1 rings (SSSR count). The van der Waals surface area contributed by atoms with Crippen LogP contribution in [0.5, 0.6) is 0 Å². The molecule has 1 N–H and O–H groups in total. The minimum atomic E-state index is 0.458. The number of nitrogens with zero attached hydrogens (tertiary/aromatic N) is 1. The summed E-state index contributed by atoms with van der Waals surface area (Å²) in [5, 5.41) is 3.58. The Balaban J connectivity index is 2.70. The fourth-order valence-corrected chi connectivity index (χ4v) is 2.96. The Morgan fingerprint density at radius 1 is 1.25 bits per heavy atom. The van der Waals surface area contributed by atoms with E-state index in [2.05, 4.69) is 67.7 Å². The molecule has 1 aromatic carbocycles. The summed E-state index contributed by atoms with van der Waals surface area (Å²) in [5.41, 5.74) is 1.41. The molecule has 0 bridgehead atoms. The maximum Gasteiger partial charge on any atom is 0.0472 e. The van der Waals surface area contributed by atoms with Gasteiger partial charge in [0, 0.05) is 18.6 Å². The first-order valence-corrected chi connectivity index (χ1v) is 9.06. The smallest absolute Gasteiger partial charge is 0.0472 e. The molecule has 0 aromatic heterocycles. The summed E-state index contributed by atoms with van der Waals surface area (Å²) < 4.78 is 0. The van der Waals surface area contributed by atoms with Gasteiger partial charge in [-0.3, -0.25) is 4.90 Å². The lowest BCUT2D eigenvalue weighted by molar-refractivity contribution is 0.177. The van der Waals surface area contributed by atoms with Crippen LogP contribution in [0.15, 0.2) is 30.3 Å². The first kappa shape index (κ1) is 17.5. The van der Waals surface area contributed by atoms with Crippen molar-refractivity contribution in [3.8, 4) is 0 Å². The average Bonchev–Trinajstić information content (AvgIpc) is 2.49. The highest BCUT2D eigenvalue weighted by molar-refractivity contribution is 7.98. The summed E-state index contributed by atoms with van der Waals surface area (Å²) in [6.07, 6.45) is 4.62. The van der Waals surface area contributed by atoms with Crippen LogP contribution in [0.1, 0.15) is 38.3 Å². The van der Waals surface area contributed by atoms with Crippen molar-refractivity contribution in [3.63, 3.8) is 0 Å². The molecule has 0 amide bonds. The predicted molar refractivity (Wildman–Crippen MR) is 92.6 cm³/mol. The number of hydrogen-bond donors (Lipinski definition) is 1. The van der Waals surface area contributed by atoms with Crippen molar-refractivity contribution in [1.82, 2.24) is 10.2 Å². The van der Waals surface area contributed by atoms with Crippen molar-refractivity contribution in [2.45, 2.75) is 38.8 Å². The summed E-state index contributed by atoms with van der Waals surface area (Å²) in [5.74, 6) is 1.23. The lowest BCUT2D eigenvalue weighted by Crippen LogP contribution is -2.39. The van der Waals surface area contributed by atoms with Crippen LogP contribution in [0.25, 0.3) is 0 Å². The van der Waals surface area contributed by atoms with Crippen LogP contribution in [0.2, 0.25) is 0 Å². The minimum Gasteiger partial charge on any atom is -0.315 e. The lowest BCUT2D eigenvalue weighted by atomic mass is 10.0. The highest BCUT2D eigenvalue weighted by Gasteiger charge is 2.20. The second-order valence-corrected chi connectivity index (χ2v) is 6.41. The summed E-state index contributed by atoms with van der Waals surface area (Å²) in [6.45, 7) is 6.68. The number of nitrogens with one attached hydrogen (secondary N) is 1. The van der Waals surface area contributed by atoms with Gasteiger partial charge in [0.15, 0.2) is 0 Å². The Hall–Kier alpha value is -0.510. The van der Waals surface area contributed by atoms with Gasteiger partial charge in [0.1, 0.15) is 0 Å². The molecule has 1 aromatic rings. The van der Waals surface area contributed by atoms with Crippen molar-refractivity contribution < 1.29 is 0 Å². The van der Waals surface area contributed by atoms with Crippen LogP contribution in [-0.4, -0.2) is 43.1 Å². The van der Waals surface area contributed by atoms with Gasteiger partial charge < -0.3 is 5.32 Å². The fraction of sp³-hybridized carbons (Fsp3) is 0.647. The van der Waals surface area contributed by atoms with Crippen LogP contribution in [0.4, 0.5) is 0 Å². The van der Waals surface area contributed by atoms with E-state index in [9.17, 15) is 0 Å². The summed E-state index contributed by atoms with van der Waals surface area (Å²) in [4.78, 5) is 2.52. The highest BCUT2D eigenvalue weighted by atomic mass is 32.2. The van der Waals surface area contributed by atoms with E-state index < -0.39 is 0 Å². The molecule has 0 spiro atoms. The van der Waals surface area contributed by atoms with Crippen LogP contribution in [0.3, 0.4) is 0 Å².